The van der Waals surface area contributed by atoms with Gasteiger partial charge < -0.3 is 14.7 Å². The van der Waals surface area contributed by atoms with Crippen LogP contribution >= 0.6 is 0 Å². The van der Waals surface area contributed by atoms with E-state index in [4.69, 9.17) is 4.74 Å². The molecule has 0 saturated carbocycles. The highest BCUT2D eigenvalue weighted by Gasteiger charge is 2.46. The van der Waals surface area contributed by atoms with E-state index in [9.17, 15) is 14.7 Å². The summed E-state index contributed by atoms with van der Waals surface area (Å²) >= 11 is 0. The molecule has 5 rings (SSSR count). The van der Waals surface area contributed by atoms with Crippen molar-refractivity contribution in [2.24, 2.45) is 0 Å². The Bertz CT molecular complexity index is 1450. The van der Waals surface area contributed by atoms with Crippen LogP contribution in [0.2, 0.25) is 0 Å². The number of aryl methyl sites for hydroxylation is 1. The normalized spacial score (nSPS) is 16.7. The monoisotopic (exact) mass is 491 g/mol. The number of carbonyl (C=O) groups excluding carboxylic acids is 2. The van der Waals surface area contributed by atoms with E-state index >= 15 is 0 Å². The van der Waals surface area contributed by atoms with Crippen molar-refractivity contribution >= 4 is 17.4 Å². The van der Waals surface area contributed by atoms with Gasteiger partial charge in [-0.1, -0.05) is 35.9 Å². The second kappa shape index (κ2) is 10.5. The molecule has 1 saturated heterocycles. The highest BCUT2D eigenvalue weighted by Crippen LogP contribution is 2.40. The fourth-order valence-corrected chi connectivity index (χ4v) is 4.46. The molecule has 2 aromatic heterocycles. The highest BCUT2D eigenvalue weighted by atomic mass is 16.5. The Labute approximate surface area is 214 Å². The molecular weight excluding hydrogens is 466 g/mol. The standard InChI is InChI=1S/C30H25N3O4/c1-20-4-2-5-21(16-20)19-37-25-9-7-24(8-10-25)28(34)26-27(23-11-14-31-15-12-23)33(30(36)29(26)35)18-22-6-3-13-32-17-22/h2-17,27,34H,18-19H2,1H3. The molecule has 2 aromatic carbocycles. The van der Waals surface area contributed by atoms with Crippen LogP contribution < -0.4 is 4.74 Å². The van der Waals surface area contributed by atoms with Gasteiger partial charge in [0.25, 0.3) is 11.7 Å². The van der Waals surface area contributed by atoms with E-state index in [1.54, 1.807) is 67.3 Å². The first-order chi connectivity index (χ1) is 18.0. The molecule has 1 aliphatic rings. The van der Waals surface area contributed by atoms with Crippen molar-refractivity contribution in [3.63, 3.8) is 0 Å². The number of rotatable bonds is 7. The Morgan fingerprint density at radius 1 is 0.919 bits per heavy atom. The summed E-state index contributed by atoms with van der Waals surface area (Å²) in [6, 6.07) is 21.2. The number of benzene rings is 2. The number of ketones is 1. The number of aliphatic hydroxyl groups is 1. The third-order valence-electron chi connectivity index (χ3n) is 6.25. The largest absolute Gasteiger partial charge is 0.507 e. The molecule has 7 heteroatoms. The van der Waals surface area contributed by atoms with E-state index < -0.39 is 17.7 Å². The predicted octanol–water partition coefficient (Wildman–Crippen LogP) is 4.99. The van der Waals surface area contributed by atoms with E-state index in [0.29, 0.717) is 23.5 Å². The van der Waals surface area contributed by atoms with E-state index in [0.717, 1.165) is 16.7 Å². The number of hydrogen-bond donors (Lipinski definition) is 1. The maximum atomic E-state index is 13.2. The van der Waals surface area contributed by atoms with Crippen LogP contribution in [0.25, 0.3) is 5.76 Å². The van der Waals surface area contributed by atoms with Gasteiger partial charge >= 0.3 is 0 Å². The van der Waals surface area contributed by atoms with Gasteiger partial charge in [0.2, 0.25) is 0 Å². The van der Waals surface area contributed by atoms with Gasteiger partial charge in [-0.3, -0.25) is 19.6 Å². The molecule has 1 fully saturated rings. The molecule has 1 atom stereocenters. The van der Waals surface area contributed by atoms with Crippen molar-refractivity contribution in [2.75, 3.05) is 0 Å². The summed E-state index contributed by atoms with van der Waals surface area (Å²) in [6.45, 7) is 2.61. The highest BCUT2D eigenvalue weighted by molar-refractivity contribution is 6.46. The molecule has 0 radical (unpaired) electrons. The molecule has 1 aliphatic heterocycles. The number of likely N-dealkylation sites (tertiary alicyclic amines) is 1. The summed E-state index contributed by atoms with van der Waals surface area (Å²) in [7, 11) is 0. The van der Waals surface area contributed by atoms with Crippen molar-refractivity contribution < 1.29 is 19.4 Å². The van der Waals surface area contributed by atoms with Gasteiger partial charge in [-0.2, -0.15) is 0 Å². The number of aromatic nitrogens is 2. The first-order valence-electron chi connectivity index (χ1n) is 11.9. The first-order valence-corrected chi connectivity index (χ1v) is 11.9. The molecule has 4 aromatic rings. The lowest BCUT2D eigenvalue weighted by atomic mass is 9.96. The van der Waals surface area contributed by atoms with Crippen LogP contribution in [0.3, 0.4) is 0 Å². The molecule has 0 bridgehead atoms. The lowest BCUT2D eigenvalue weighted by molar-refractivity contribution is -0.140. The number of nitrogens with zero attached hydrogens (tertiary/aromatic N) is 3. The Hall–Kier alpha value is -4.78. The number of pyridine rings is 2. The minimum Gasteiger partial charge on any atom is -0.507 e. The molecule has 3 heterocycles. The number of amides is 1. The molecule has 0 spiro atoms. The molecule has 184 valence electrons. The second-order valence-corrected chi connectivity index (χ2v) is 8.87. The van der Waals surface area contributed by atoms with Crippen molar-refractivity contribution in [1.82, 2.24) is 14.9 Å². The zero-order valence-corrected chi connectivity index (χ0v) is 20.2. The van der Waals surface area contributed by atoms with E-state index in [1.807, 2.05) is 31.2 Å². The average Bonchev–Trinajstić information content (AvgIpc) is 3.18. The minimum absolute atomic E-state index is 0.0357. The summed E-state index contributed by atoms with van der Waals surface area (Å²) in [5.74, 6) is -1.02. The van der Waals surface area contributed by atoms with Gasteiger partial charge in [0.1, 0.15) is 18.1 Å². The van der Waals surface area contributed by atoms with Crippen LogP contribution in [0.4, 0.5) is 0 Å². The van der Waals surface area contributed by atoms with Gasteiger partial charge in [0.15, 0.2) is 0 Å². The molecular formula is C30H25N3O4. The topological polar surface area (TPSA) is 92.6 Å². The maximum Gasteiger partial charge on any atom is 0.295 e. The van der Waals surface area contributed by atoms with Crippen LogP contribution in [-0.4, -0.2) is 31.7 Å². The van der Waals surface area contributed by atoms with Crippen LogP contribution in [0.5, 0.6) is 5.75 Å². The third kappa shape index (κ3) is 5.11. The summed E-state index contributed by atoms with van der Waals surface area (Å²) in [5, 5.41) is 11.3. The number of ether oxygens (including phenoxy) is 1. The fraction of sp³-hybridized carbons (Fsp3) is 0.133. The van der Waals surface area contributed by atoms with Crippen molar-refractivity contribution in [3.8, 4) is 5.75 Å². The maximum absolute atomic E-state index is 13.2. The summed E-state index contributed by atoms with van der Waals surface area (Å²) in [5.41, 5.74) is 4.12. The smallest absolute Gasteiger partial charge is 0.295 e. The second-order valence-electron chi connectivity index (χ2n) is 8.87. The molecule has 37 heavy (non-hydrogen) atoms. The van der Waals surface area contributed by atoms with Gasteiger partial charge in [0, 0.05) is 36.9 Å². The molecule has 1 N–H and O–H groups in total. The van der Waals surface area contributed by atoms with Crippen molar-refractivity contribution in [2.45, 2.75) is 26.1 Å². The molecule has 7 nitrogen and oxygen atoms in total. The average molecular weight is 492 g/mol. The van der Waals surface area contributed by atoms with Crippen LogP contribution in [-0.2, 0) is 22.7 Å². The number of carbonyl (C=O) groups is 2. The minimum atomic E-state index is -0.763. The van der Waals surface area contributed by atoms with Gasteiger partial charge in [-0.15, -0.1) is 0 Å². The third-order valence-corrected chi connectivity index (χ3v) is 6.25. The number of hydrogen-bond acceptors (Lipinski definition) is 6. The van der Waals surface area contributed by atoms with Crippen LogP contribution in [0.15, 0.2) is 103 Å². The Kier molecular flexibility index (Phi) is 6.76. The fourth-order valence-electron chi connectivity index (χ4n) is 4.46. The zero-order valence-electron chi connectivity index (χ0n) is 20.2. The first kappa shape index (κ1) is 23.9. The van der Waals surface area contributed by atoms with E-state index in [-0.39, 0.29) is 17.9 Å². The Morgan fingerprint density at radius 2 is 1.68 bits per heavy atom. The van der Waals surface area contributed by atoms with Gasteiger partial charge in [-0.25, -0.2) is 0 Å². The number of aliphatic hydroxyl groups excluding tert-OH is 1. The van der Waals surface area contributed by atoms with E-state index in [2.05, 4.69) is 16.0 Å². The van der Waals surface area contributed by atoms with Crippen molar-refractivity contribution in [3.05, 3.63) is 131 Å². The Balaban J connectivity index is 1.45. The van der Waals surface area contributed by atoms with Crippen LogP contribution in [0.1, 0.15) is 33.9 Å². The predicted molar refractivity (Wildman–Crippen MR) is 138 cm³/mol. The Morgan fingerprint density at radius 3 is 2.38 bits per heavy atom. The lowest BCUT2D eigenvalue weighted by Gasteiger charge is -2.25. The molecule has 0 aliphatic carbocycles. The molecule has 1 amide bonds. The van der Waals surface area contributed by atoms with Crippen LogP contribution in [0, 0.1) is 6.92 Å². The van der Waals surface area contributed by atoms with Gasteiger partial charge in [0.05, 0.1) is 11.6 Å². The molecule has 1 unspecified atom stereocenters. The summed E-state index contributed by atoms with van der Waals surface area (Å²) in [4.78, 5) is 35.9. The van der Waals surface area contributed by atoms with Gasteiger partial charge in [-0.05, 0) is 66.1 Å². The lowest BCUT2D eigenvalue weighted by Crippen LogP contribution is -2.29. The summed E-state index contributed by atoms with van der Waals surface area (Å²) in [6.07, 6.45) is 6.49. The van der Waals surface area contributed by atoms with E-state index in [1.165, 1.54) is 4.90 Å². The SMILES string of the molecule is Cc1cccc(COc2ccc(C(O)=C3C(=O)C(=O)N(Cc4cccnc4)C3c3ccncc3)cc2)c1. The number of Topliss-reactive ketones (excluding diaryl/α,β-unsaturated/α-hetero) is 1. The summed E-state index contributed by atoms with van der Waals surface area (Å²) < 4.78 is 5.88. The van der Waals surface area contributed by atoms with Crippen molar-refractivity contribution in [1.29, 1.82) is 0 Å². The zero-order chi connectivity index (χ0) is 25.8. The quantitative estimate of drug-likeness (QED) is 0.223.